The monoisotopic (exact) mass is 477 g/mol. The van der Waals surface area contributed by atoms with Crippen molar-refractivity contribution in [1.29, 1.82) is 0 Å². The number of carbonyl (C=O) groups is 3. The second kappa shape index (κ2) is 9.11. The lowest BCUT2D eigenvalue weighted by atomic mass is 9.75. The lowest BCUT2D eigenvalue weighted by molar-refractivity contribution is -0.135. The van der Waals surface area contributed by atoms with Gasteiger partial charge >= 0.3 is 6.03 Å². The standard InChI is InChI=1S/C22H25Cl2N5O3/c1-2-14-6-9-22(10-7-14)20(31)28(21(32)27-22)13-18(30)26-17-8-11-25-29(17)12-15-4-3-5-16(23)19(15)24/h3-5,8,11,14H,2,6-7,9-10,12-13H2,1H3,(H,26,30)(H,27,32). The number of urea groups is 1. The van der Waals surface area contributed by atoms with E-state index in [1.807, 2.05) is 6.07 Å². The van der Waals surface area contributed by atoms with Crippen molar-refractivity contribution in [3.63, 3.8) is 0 Å². The molecule has 2 N–H and O–H groups in total. The van der Waals surface area contributed by atoms with Gasteiger partial charge in [-0.2, -0.15) is 5.10 Å². The predicted octanol–water partition coefficient (Wildman–Crippen LogP) is 4.07. The summed E-state index contributed by atoms with van der Waals surface area (Å²) in [6.45, 7) is 2.08. The van der Waals surface area contributed by atoms with Crippen molar-refractivity contribution in [1.82, 2.24) is 20.0 Å². The maximum atomic E-state index is 13.0. The van der Waals surface area contributed by atoms with Crippen LogP contribution in [0.1, 0.15) is 44.6 Å². The van der Waals surface area contributed by atoms with Gasteiger partial charge < -0.3 is 10.6 Å². The van der Waals surface area contributed by atoms with E-state index < -0.39 is 17.5 Å². The van der Waals surface area contributed by atoms with Crippen LogP contribution in [0.15, 0.2) is 30.5 Å². The maximum absolute atomic E-state index is 13.0. The fourth-order valence-electron chi connectivity index (χ4n) is 4.46. The van der Waals surface area contributed by atoms with Crippen molar-refractivity contribution in [3.05, 3.63) is 46.1 Å². The molecule has 1 aromatic carbocycles. The number of aromatic nitrogens is 2. The van der Waals surface area contributed by atoms with Crippen LogP contribution < -0.4 is 10.6 Å². The second-order valence-corrected chi connectivity index (χ2v) is 9.18. The third-order valence-electron chi connectivity index (χ3n) is 6.42. The zero-order valence-corrected chi connectivity index (χ0v) is 19.2. The molecule has 2 fully saturated rings. The maximum Gasteiger partial charge on any atom is 0.325 e. The number of amides is 4. The number of halogens is 2. The van der Waals surface area contributed by atoms with Crippen molar-refractivity contribution in [2.75, 3.05) is 11.9 Å². The number of anilines is 1. The van der Waals surface area contributed by atoms with E-state index in [-0.39, 0.29) is 12.5 Å². The summed E-state index contributed by atoms with van der Waals surface area (Å²) in [4.78, 5) is 39.2. The minimum absolute atomic E-state index is 0.298. The molecule has 8 nitrogen and oxygen atoms in total. The first-order chi connectivity index (χ1) is 15.3. The van der Waals surface area contributed by atoms with E-state index in [0.717, 1.165) is 29.7 Å². The highest BCUT2D eigenvalue weighted by molar-refractivity contribution is 6.42. The molecular formula is C22H25Cl2N5O3. The number of carbonyl (C=O) groups excluding carboxylic acids is 3. The van der Waals surface area contributed by atoms with Gasteiger partial charge in [0.1, 0.15) is 17.9 Å². The highest BCUT2D eigenvalue weighted by atomic mass is 35.5. The molecule has 10 heteroatoms. The van der Waals surface area contributed by atoms with Crippen molar-refractivity contribution in [2.24, 2.45) is 5.92 Å². The zero-order valence-electron chi connectivity index (χ0n) is 17.7. The number of imide groups is 1. The van der Waals surface area contributed by atoms with E-state index in [4.69, 9.17) is 23.2 Å². The molecule has 4 rings (SSSR count). The van der Waals surface area contributed by atoms with Crippen LogP contribution >= 0.6 is 23.2 Å². The fraction of sp³-hybridized carbons (Fsp3) is 0.455. The third-order valence-corrected chi connectivity index (χ3v) is 7.28. The van der Waals surface area contributed by atoms with Gasteiger partial charge in [0, 0.05) is 6.07 Å². The Bertz CT molecular complexity index is 1050. The van der Waals surface area contributed by atoms with E-state index in [2.05, 4.69) is 22.7 Å². The van der Waals surface area contributed by atoms with Gasteiger partial charge in [-0.3, -0.25) is 14.5 Å². The lowest BCUT2D eigenvalue weighted by Gasteiger charge is -2.34. The Morgan fingerprint density at radius 2 is 2.00 bits per heavy atom. The van der Waals surface area contributed by atoms with E-state index in [9.17, 15) is 14.4 Å². The molecule has 4 amide bonds. The first-order valence-electron chi connectivity index (χ1n) is 10.7. The molecule has 1 saturated heterocycles. The van der Waals surface area contributed by atoms with Crippen LogP contribution in [0.5, 0.6) is 0 Å². The summed E-state index contributed by atoms with van der Waals surface area (Å²) in [7, 11) is 0. The Balaban J connectivity index is 1.41. The molecule has 0 unspecified atom stereocenters. The van der Waals surface area contributed by atoms with Crippen LogP contribution in [0.25, 0.3) is 0 Å². The highest BCUT2D eigenvalue weighted by Gasteiger charge is 2.52. The van der Waals surface area contributed by atoms with Gasteiger partial charge in [0.15, 0.2) is 0 Å². The van der Waals surface area contributed by atoms with Gasteiger partial charge in [-0.1, -0.05) is 48.7 Å². The Kier molecular flexibility index (Phi) is 6.44. The molecule has 1 aliphatic carbocycles. The van der Waals surface area contributed by atoms with E-state index >= 15 is 0 Å². The molecule has 0 bridgehead atoms. The molecule has 2 aromatic rings. The Morgan fingerprint density at radius 3 is 2.72 bits per heavy atom. The van der Waals surface area contributed by atoms with Gasteiger partial charge in [0.05, 0.1) is 22.8 Å². The zero-order chi connectivity index (χ0) is 22.9. The van der Waals surface area contributed by atoms with Gasteiger partial charge in [-0.05, 0) is 43.2 Å². The first kappa shape index (κ1) is 22.6. The molecule has 32 heavy (non-hydrogen) atoms. The average Bonchev–Trinajstić information content (AvgIpc) is 3.29. The van der Waals surface area contributed by atoms with Gasteiger partial charge in [0.2, 0.25) is 5.91 Å². The van der Waals surface area contributed by atoms with Gasteiger partial charge in [-0.15, -0.1) is 0 Å². The number of nitrogens with zero attached hydrogens (tertiary/aromatic N) is 3. The van der Waals surface area contributed by atoms with Crippen LogP contribution in [0.2, 0.25) is 10.0 Å². The molecule has 1 spiro atoms. The highest BCUT2D eigenvalue weighted by Crippen LogP contribution is 2.37. The minimum atomic E-state index is -0.867. The third kappa shape index (κ3) is 4.34. The summed E-state index contributed by atoms with van der Waals surface area (Å²) in [6.07, 6.45) is 5.63. The summed E-state index contributed by atoms with van der Waals surface area (Å²) in [6, 6.07) is 6.42. The molecule has 2 aliphatic rings. The van der Waals surface area contributed by atoms with Crippen molar-refractivity contribution in [3.8, 4) is 0 Å². The summed E-state index contributed by atoms with van der Waals surface area (Å²) in [5.74, 6) is 0.213. The van der Waals surface area contributed by atoms with Crippen LogP contribution in [-0.2, 0) is 16.1 Å². The molecule has 1 aromatic heterocycles. The molecule has 2 heterocycles. The number of nitrogens with one attached hydrogen (secondary N) is 2. The SMILES string of the molecule is CCC1CCC2(CC1)NC(=O)N(CC(=O)Nc1ccnn1Cc1cccc(Cl)c1Cl)C2=O. The number of hydrogen-bond donors (Lipinski definition) is 2. The number of hydrogen-bond acceptors (Lipinski definition) is 4. The summed E-state index contributed by atoms with van der Waals surface area (Å²) < 4.78 is 1.56. The summed E-state index contributed by atoms with van der Waals surface area (Å²) in [5, 5.41) is 10.7. The fourth-order valence-corrected chi connectivity index (χ4v) is 4.84. The topological polar surface area (TPSA) is 96.3 Å². The lowest BCUT2D eigenvalue weighted by Crippen LogP contribution is -2.49. The predicted molar refractivity (Wildman–Crippen MR) is 122 cm³/mol. The van der Waals surface area contributed by atoms with Crippen molar-refractivity contribution in [2.45, 2.75) is 51.1 Å². The summed E-state index contributed by atoms with van der Waals surface area (Å²) >= 11 is 12.3. The van der Waals surface area contributed by atoms with Crippen molar-refractivity contribution < 1.29 is 14.4 Å². The molecule has 1 saturated carbocycles. The molecular weight excluding hydrogens is 453 g/mol. The summed E-state index contributed by atoms with van der Waals surface area (Å²) in [5.41, 5.74) is -0.120. The van der Waals surface area contributed by atoms with Gasteiger partial charge in [0.25, 0.3) is 5.91 Å². The molecule has 170 valence electrons. The Morgan fingerprint density at radius 1 is 1.25 bits per heavy atom. The number of rotatable bonds is 6. The van der Waals surface area contributed by atoms with E-state index in [1.165, 1.54) is 0 Å². The molecule has 0 atom stereocenters. The van der Waals surface area contributed by atoms with Crippen molar-refractivity contribution >= 4 is 46.9 Å². The Hall–Kier alpha value is -2.58. The Labute approximate surface area is 196 Å². The molecule has 0 radical (unpaired) electrons. The molecule has 1 aliphatic heterocycles. The average molecular weight is 478 g/mol. The normalized spacial score (nSPS) is 23.0. The second-order valence-electron chi connectivity index (χ2n) is 8.39. The number of benzene rings is 1. The van der Waals surface area contributed by atoms with Crippen LogP contribution in [0.4, 0.5) is 10.6 Å². The first-order valence-corrected chi connectivity index (χ1v) is 11.5. The van der Waals surface area contributed by atoms with Crippen LogP contribution in [-0.4, -0.2) is 44.6 Å². The quantitative estimate of drug-likeness (QED) is 0.612. The van der Waals surface area contributed by atoms with Gasteiger partial charge in [-0.25, -0.2) is 9.48 Å². The van der Waals surface area contributed by atoms with E-state index in [0.29, 0.717) is 41.2 Å². The van der Waals surface area contributed by atoms with Crippen LogP contribution in [0.3, 0.4) is 0 Å². The minimum Gasteiger partial charge on any atom is -0.323 e. The van der Waals surface area contributed by atoms with E-state index in [1.54, 1.807) is 29.1 Å². The van der Waals surface area contributed by atoms with Crippen LogP contribution in [0, 0.1) is 5.92 Å². The largest absolute Gasteiger partial charge is 0.325 e. The smallest absolute Gasteiger partial charge is 0.323 e.